The molecule has 3 nitrogen and oxygen atoms in total. The fraction of sp³-hybridized carbons (Fsp3) is 0.118. The molecule has 0 aliphatic rings. The average molecular weight is 264 g/mol. The van der Waals surface area contributed by atoms with E-state index in [0.717, 1.165) is 22.5 Å². The van der Waals surface area contributed by atoms with Crippen molar-refractivity contribution in [3.8, 4) is 12.3 Å². The van der Waals surface area contributed by atoms with E-state index in [1.807, 2.05) is 48.5 Å². The summed E-state index contributed by atoms with van der Waals surface area (Å²) in [6.07, 6.45) is 5.38. The molecule has 2 aromatic carbocycles. The maximum absolute atomic E-state index is 11.2. The Bertz CT molecular complexity index is 656. The summed E-state index contributed by atoms with van der Waals surface area (Å²) in [5.74, 6) is 2.53. The molecule has 0 bridgehead atoms. The highest BCUT2D eigenvalue weighted by Gasteiger charge is 2.03. The van der Waals surface area contributed by atoms with E-state index in [4.69, 9.17) is 6.42 Å². The first-order chi connectivity index (χ1) is 9.69. The minimum atomic E-state index is -0.0771. The number of amides is 1. The number of hydrogen-bond acceptors (Lipinski definition) is 2. The lowest BCUT2D eigenvalue weighted by molar-refractivity contribution is -0.114. The zero-order valence-corrected chi connectivity index (χ0v) is 11.3. The topological polar surface area (TPSA) is 41.1 Å². The van der Waals surface area contributed by atoms with E-state index in [2.05, 4.69) is 16.6 Å². The van der Waals surface area contributed by atoms with Crippen LogP contribution in [-0.2, 0) is 11.3 Å². The van der Waals surface area contributed by atoms with Crippen molar-refractivity contribution in [2.45, 2.75) is 13.5 Å². The summed E-state index contributed by atoms with van der Waals surface area (Å²) in [5.41, 5.74) is 3.64. The minimum absolute atomic E-state index is 0.0771. The van der Waals surface area contributed by atoms with Gasteiger partial charge < -0.3 is 10.6 Å². The average Bonchev–Trinajstić information content (AvgIpc) is 2.46. The summed E-state index contributed by atoms with van der Waals surface area (Å²) >= 11 is 0. The van der Waals surface area contributed by atoms with Crippen molar-refractivity contribution in [2.24, 2.45) is 0 Å². The Morgan fingerprint density at radius 3 is 2.75 bits per heavy atom. The molecule has 0 saturated carbocycles. The first-order valence-electron chi connectivity index (χ1n) is 6.35. The number of carbonyl (C=O) groups excluding carboxylic acids is 1. The Hall–Kier alpha value is -2.73. The van der Waals surface area contributed by atoms with Gasteiger partial charge >= 0.3 is 0 Å². The predicted molar refractivity (Wildman–Crippen MR) is 82.4 cm³/mol. The minimum Gasteiger partial charge on any atom is -0.381 e. The van der Waals surface area contributed by atoms with E-state index in [1.54, 1.807) is 0 Å². The lowest BCUT2D eigenvalue weighted by atomic mass is 10.1. The van der Waals surface area contributed by atoms with Gasteiger partial charge in [0.05, 0.1) is 0 Å². The first kappa shape index (κ1) is 13.7. The van der Waals surface area contributed by atoms with Gasteiger partial charge in [-0.05, 0) is 29.8 Å². The molecular formula is C17H16N2O. The van der Waals surface area contributed by atoms with E-state index < -0.39 is 0 Å². The normalized spacial score (nSPS) is 9.60. The van der Waals surface area contributed by atoms with Crippen molar-refractivity contribution < 1.29 is 4.79 Å². The van der Waals surface area contributed by atoms with Crippen LogP contribution in [0.2, 0.25) is 0 Å². The summed E-state index contributed by atoms with van der Waals surface area (Å²) < 4.78 is 0. The van der Waals surface area contributed by atoms with Crippen molar-refractivity contribution in [1.29, 1.82) is 0 Å². The van der Waals surface area contributed by atoms with Crippen LogP contribution < -0.4 is 10.6 Å². The van der Waals surface area contributed by atoms with Crippen LogP contribution in [-0.4, -0.2) is 5.91 Å². The van der Waals surface area contributed by atoms with Gasteiger partial charge in [-0.25, -0.2) is 0 Å². The monoisotopic (exact) mass is 264 g/mol. The van der Waals surface area contributed by atoms with Crippen molar-refractivity contribution in [1.82, 2.24) is 0 Å². The van der Waals surface area contributed by atoms with Gasteiger partial charge in [0.1, 0.15) is 0 Å². The highest BCUT2D eigenvalue weighted by atomic mass is 16.1. The van der Waals surface area contributed by atoms with Crippen molar-refractivity contribution in [3.63, 3.8) is 0 Å². The Morgan fingerprint density at radius 1 is 1.20 bits per heavy atom. The summed E-state index contributed by atoms with van der Waals surface area (Å²) in [6.45, 7) is 2.12. The molecule has 100 valence electrons. The second kappa shape index (κ2) is 6.44. The summed E-state index contributed by atoms with van der Waals surface area (Å²) in [7, 11) is 0. The molecule has 3 heteroatoms. The van der Waals surface area contributed by atoms with Crippen LogP contribution in [0.15, 0.2) is 48.5 Å². The molecule has 2 aromatic rings. The van der Waals surface area contributed by atoms with E-state index in [0.29, 0.717) is 6.54 Å². The van der Waals surface area contributed by atoms with Crippen LogP contribution in [0.4, 0.5) is 11.4 Å². The van der Waals surface area contributed by atoms with Crippen LogP contribution in [0.25, 0.3) is 0 Å². The Labute approximate surface area is 119 Å². The third-order valence-corrected chi connectivity index (χ3v) is 2.84. The lowest BCUT2D eigenvalue weighted by Crippen LogP contribution is -2.10. The number of nitrogens with one attached hydrogen (secondary N) is 2. The maximum atomic E-state index is 11.2. The fourth-order valence-corrected chi connectivity index (χ4v) is 1.90. The van der Waals surface area contributed by atoms with Gasteiger partial charge in [-0.1, -0.05) is 30.2 Å². The standard InChI is InChI=1S/C17H16N2O/c1-3-14-7-6-9-16(11-14)18-12-15-8-4-5-10-17(15)19-13(2)20/h1,4-11,18H,12H2,2H3,(H,19,20). The second-order valence-corrected chi connectivity index (χ2v) is 4.42. The molecule has 2 rings (SSSR count). The van der Waals surface area contributed by atoms with Gasteiger partial charge in [-0.15, -0.1) is 6.42 Å². The number of hydrogen-bond donors (Lipinski definition) is 2. The molecule has 20 heavy (non-hydrogen) atoms. The summed E-state index contributed by atoms with van der Waals surface area (Å²) in [5, 5.41) is 6.12. The molecule has 0 unspecified atom stereocenters. The Balaban J connectivity index is 2.10. The Morgan fingerprint density at radius 2 is 2.00 bits per heavy atom. The highest BCUT2D eigenvalue weighted by molar-refractivity contribution is 5.89. The molecule has 0 aromatic heterocycles. The van der Waals surface area contributed by atoms with Gasteiger partial charge in [-0.3, -0.25) is 4.79 Å². The van der Waals surface area contributed by atoms with Crippen molar-refractivity contribution in [2.75, 3.05) is 10.6 Å². The van der Waals surface area contributed by atoms with Crippen molar-refractivity contribution >= 4 is 17.3 Å². The number of carbonyl (C=O) groups is 1. The lowest BCUT2D eigenvalue weighted by Gasteiger charge is -2.11. The van der Waals surface area contributed by atoms with Gasteiger partial charge in [-0.2, -0.15) is 0 Å². The molecule has 0 saturated heterocycles. The Kier molecular flexibility index (Phi) is 4.41. The molecule has 0 fully saturated rings. The van der Waals surface area contributed by atoms with Crippen LogP contribution >= 0.6 is 0 Å². The van der Waals surface area contributed by atoms with Crippen LogP contribution in [0.1, 0.15) is 18.1 Å². The van der Waals surface area contributed by atoms with Gasteiger partial charge in [0.15, 0.2) is 0 Å². The quantitative estimate of drug-likeness (QED) is 0.832. The second-order valence-electron chi connectivity index (χ2n) is 4.42. The number of terminal acetylenes is 1. The fourth-order valence-electron chi connectivity index (χ4n) is 1.90. The van der Waals surface area contributed by atoms with E-state index in [9.17, 15) is 4.79 Å². The molecule has 0 aliphatic heterocycles. The molecule has 0 aliphatic carbocycles. The predicted octanol–water partition coefficient (Wildman–Crippen LogP) is 3.24. The van der Waals surface area contributed by atoms with Crippen LogP contribution in [0, 0.1) is 12.3 Å². The number of rotatable bonds is 4. The van der Waals surface area contributed by atoms with E-state index >= 15 is 0 Å². The molecule has 0 heterocycles. The third kappa shape index (κ3) is 3.63. The SMILES string of the molecule is C#Cc1cccc(NCc2ccccc2NC(C)=O)c1. The number of benzene rings is 2. The zero-order chi connectivity index (χ0) is 14.4. The van der Waals surface area contributed by atoms with Crippen LogP contribution in [0.3, 0.4) is 0 Å². The third-order valence-electron chi connectivity index (χ3n) is 2.84. The maximum Gasteiger partial charge on any atom is 0.221 e. The summed E-state index contributed by atoms with van der Waals surface area (Å²) in [6, 6.07) is 15.4. The largest absolute Gasteiger partial charge is 0.381 e. The summed E-state index contributed by atoms with van der Waals surface area (Å²) in [4.78, 5) is 11.2. The number of anilines is 2. The van der Waals surface area contributed by atoms with Gasteiger partial charge in [0.2, 0.25) is 5.91 Å². The van der Waals surface area contributed by atoms with E-state index in [-0.39, 0.29) is 5.91 Å². The smallest absolute Gasteiger partial charge is 0.221 e. The van der Waals surface area contributed by atoms with Gasteiger partial charge in [0.25, 0.3) is 0 Å². The van der Waals surface area contributed by atoms with E-state index in [1.165, 1.54) is 6.92 Å². The van der Waals surface area contributed by atoms with Gasteiger partial charge in [0, 0.05) is 30.4 Å². The molecule has 0 atom stereocenters. The molecule has 1 amide bonds. The number of para-hydroxylation sites is 1. The van der Waals surface area contributed by atoms with Crippen molar-refractivity contribution in [3.05, 3.63) is 59.7 Å². The molecule has 2 N–H and O–H groups in total. The zero-order valence-electron chi connectivity index (χ0n) is 11.3. The molecular weight excluding hydrogens is 248 g/mol. The highest BCUT2D eigenvalue weighted by Crippen LogP contribution is 2.17. The molecule has 0 spiro atoms. The van der Waals surface area contributed by atoms with Crippen LogP contribution in [0.5, 0.6) is 0 Å². The first-order valence-corrected chi connectivity index (χ1v) is 6.35. The molecule has 0 radical (unpaired) electrons.